The Morgan fingerprint density at radius 1 is 1.30 bits per heavy atom. The Bertz CT molecular complexity index is 471. The molecule has 2 fully saturated rings. The fraction of sp³-hybridized carbons (Fsp3) is 0.625. The normalized spacial score (nSPS) is 22.8. The highest BCUT2D eigenvalue weighted by atomic mass is 79.9. The molecule has 1 aromatic rings. The molecule has 1 aliphatic carbocycles. The molecule has 1 aromatic carbocycles. The first-order valence-electron chi connectivity index (χ1n) is 7.56. The zero-order valence-corrected chi connectivity index (χ0v) is 14.0. The summed E-state index contributed by atoms with van der Waals surface area (Å²) in [5.41, 5.74) is 2.71. The van der Waals surface area contributed by atoms with E-state index in [9.17, 15) is 0 Å². The van der Waals surface area contributed by atoms with E-state index in [1.165, 1.54) is 35.0 Å². The molecule has 0 aromatic heterocycles. The number of hydrogen-bond donors (Lipinski definition) is 1. The second kappa shape index (κ2) is 6.04. The van der Waals surface area contributed by atoms with Crippen LogP contribution >= 0.6 is 15.9 Å². The zero-order valence-electron chi connectivity index (χ0n) is 12.4. The van der Waals surface area contributed by atoms with E-state index in [0.717, 1.165) is 25.7 Å². The molecule has 110 valence electrons. The summed E-state index contributed by atoms with van der Waals surface area (Å²) in [6.45, 7) is 3.28. The molecule has 1 aliphatic heterocycles. The van der Waals surface area contributed by atoms with Crippen LogP contribution in [0.3, 0.4) is 0 Å². The van der Waals surface area contributed by atoms with E-state index in [2.05, 4.69) is 63.3 Å². The molecule has 0 spiro atoms. The van der Waals surface area contributed by atoms with Crippen LogP contribution in [0.15, 0.2) is 22.7 Å². The molecule has 20 heavy (non-hydrogen) atoms. The van der Waals surface area contributed by atoms with Crippen LogP contribution in [-0.4, -0.2) is 44.2 Å². The van der Waals surface area contributed by atoms with E-state index in [0.29, 0.717) is 6.04 Å². The molecule has 1 N–H and O–H groups in total. The SMILES string of the molecule is CN(C)C1CCN(c2ccc(CNC3CC3)c(Br)c2)C1. The summed E-state index contributed by atoms with van der Waals surface area (Å²) in [6.07, 6.45) is 3.94. The summed E-state index contributed by atoms with van der Waals surface area (Å²) in [4.78, 5) is 4.83. The van der Waals surface area contributed by atoms with Gasteiger partial charge in [0.1, 0.15) is 0 Å². The van der Waals surface area contributed by atoms with Gasteiger partial charge in [0.2, 0.25) is 0 Å². The smallest absolute Gasteiger partial charge is 0.0378 e. The largest absolute Gasteiger partial charge is 0.370 e. The summed E-state index contributed by atoms with van der Waals surface area (Å²) in [7, 11) is 4.35. The number of likely N-dealkylation sites (N-methyl/N-ethyl adjacent to an activating group) is 1. The van der Waals surface area contributed by atoms with Gasteiger partial charge in [-0.05, 0) is 51.1 Å². The summed E-state index contributed by atoms with van der Waals surface area (Å²) in [5, 5.41) is 3.57. The molecule has 1 heterocycles. The van der Waals surface area contributed by atoms with Crippen molar-refractivity contribution in [3.8, 4) is 0 Å². The second-order valence-electron chi connectivity index (χ2n) is 6.28. The van der Waals surface area contributed by atoms with E-state index in [-0.39, 0.29) is 0 Å². The van der Waals surface area contributed by atoms with Crippen molar-refractivity contribution in [2.24, 2.45) is 0 Å². The lowest BCUT2D eigenvalue weighted by atomic mass is 10.2. The molecular formula is C16H24BrN3. The Balaban J connectivity index is 1.64. The van der Waals surface area contributed by atoms with Crippen molar-refractivity contribution in [2.45, 2.75) is 37.9 Å². The van der Waals surface area contributed by atoms with Gasteiger partial charge in [-0.15, -0.1) is 0 Å². The maximum absolute atomic E-state index is 3.73. The molecule has 0 bridgehead atoms. The lowest BCUT2D eigenvalue weighted by molar-refractivity contribution is 0.315. The van der Waals surface area contributed by atoms with Crippen molar-refractivity contribution in [1.29, 1.82) is 0 Å². The van der Waals surface area contributed by atoms with Crippen LogP contribution in [-0.2, 0) is 6.54 Å². The Kier molecular flexibility index (Phi) is 4.34. The minimum Gasteiger partial charge on any atom is -0.370 e. The van der Waals surface area contributed by atoms with E-state index in [4.69, 9.17) is 0 Å². The lowest BCUT2D eigenvalue weighted by Gasteiger charge is -2.22. The van der Waals surface area contributed by atoms with Crippen molar-refractivity contribution in [3.63, 3.8) is 0 Å². The Morgan fingerprint density at radius 3 is 2.70 bits per heavy atom. The van der Waals surface area contributed by atoms with Gasteiger partial charge in [0.05, 0.1) is 0 Å². The van der Waals surface area contributed by atoms with E-state index in [1.54, 1.807) is 0 Å². The number of benzene rings is 1. The number of nitrogens with zero attached hydrogens (tertiary/aromatic N) is 2. The van der Waals surface area contributed by atoms with Crippen LogP contribution in [0.2, 0.25) is 0 Å². The van der Waals surface area contributed by atoms with Gasteiger partial charge in [-0.3, -0.25) is 0 Å². The first-order valence-corrected chi connectivity index (χ1v) is 8.36. The molecule has 1 unspecified atom stereocenters. The molecule has 0 radical (unpaired) electrons. The topological polar surface area (TPSA) is 18.5 Å². The molecule has 3 rings (SSSR count). The highest BCUT2D eigenvalue weighted by Crippen LogP contribution is 2.28. The van der Waals surface area contributed by atoms with Crippen LogP contribution in [0.1, 0.15) is 24.8 Å². The second-order valence-corrected chi connectivity index (χ2v) is 7.14. The average molecular weight is 338 g/mol. The van der Waals surface area contributed by atoms with E-state index >= 15 is 0 Å². The first-order chi connectivity index (χ1) is 9.63. The van der Waals surface area contributed by atoms with Gasteiger partial charge in [-0.2, -0.15) is 0 Å². The minimum absolute atomic E-state index is 0.685. The molecule has 4 heteroatoms. The Labute approximate surface area is 130 Å². The number of hydrogen-bond acceptors (Lipinski definition) is 3. The van der Waals surface area contributed by atoms with Crippen molar-refractivity contribution < 1.29 is 0 Å². The van der Waals surface area contributed by atoms with Gasteiger partial charge in [0.15, 0.2) is 0 Å². The third-order valence-electron chi connectivity index (χ3n) is 4.45. The van der Waals surface area contributed by atoms with Crippen molar-refractivity contribution in [1.82, 2.24) is 10.2 Å². The monoisotopic (exact) mass is 337 g/mol. The van der Waals surface area contributed by atoms with Crippen LogP contribution < -0.4 is 10.2 Å². The summed E-state index contributed by atoms with van der Waals surface area (Å²) < 4.78 is 1.23. The predicted octanol–water partition coefficient (Wildman–Crippen LogP) is 2.84. The van der Waals surface area contributed by atoms with Gasteiger partial charge < -0.3 is 15.1 Å². The highest BCUT2D eigenvalue weighted by Gasteiger charge is 2.24. The molecule has 1 saturated heterocycles. The highest BCUT2D eigenvalue weighted by molar-refractivity contribution is 9.10. The number of nitrogens with one attached hydrogen (secondary N) is 1. The maximum atomic E-state index is 3.73. The number of halogens is 1. The van der Waals surface area contributed by atoms with Gasteiger partial charge in [0.25, 0.3) is 0 Å². The standard InChI is InChI=1S/C16H24BrN3/c1-19(2)15-7-8-20(11-15)14-6-3-12(16(17)9-14)10-18-13-4-5-13/h3,6,9,13,15,18H,4-5,7-8,10-11H2,1-2H3. The van der Waals surface area contributed by atoms with E-state index < -0.39 is 0 Å². The van der Waals surface area contributed by atoms with Crippen LogP contribution in [0.5, 0.6) is 0 Å². The first kappa shape index (κ1) is 14.4. The fourth-order valence-electron chi connectivity index (χ4n) is 2.82. The quantitative estimate of drug-likeness (QED) is 0.891. The molecule has 1 saturated carbocycles. The fourth-order valence-corrected chi connectivity index (χ4v) is 3.32. The molecule has 1 atom stereocenters. The summed E-state index contributed by atoms with van der Waals surface area (Å²) in [6, 6.07) is 8.26. The minimum atomic E-state index is 0.685. The van der Waals surface area contributed by atoms with Crippen molar-refractivity contribution >= 4 is 21.6 Å². The van der Waals surface area contributed by atoms with Crippen LogP contribution in [0, 0.1) is 0 Å². The maximum Gasteiger partial charge on any atom is 0.0378 e. The van der Waals surface area contributed by atoms with Gasteiger partial charge in [-0.25, -0.2) is 0 Å². The predicted molar refractivity (Wildman–Crippen MR) is 88.3 cm³/mol. The zero-order chi connectivity index (χ0) is 14.1. The molecule has 3 nitrogen and oxygen atoms in total. The number of anilines is 1. The number of rotatable bonds is 5. The Hall–Kier alpha value is -0.580. The third-order valence-corrected chi connectivity index (χ3v) is 5.19. The van der Waals surface area contributed by atoms with Gasteiger partial charge in [0, 0.05) is 41.9 Å². The molecule has 2 aliphatic rings. The van der Waals surface area contributed by atoms with E-state index in [1.807, 2.05) is 0 Å². The molecule has 0 amide bonds. The summed E-state index contributed by atoms with van der Waals surface area (Å²) in [5.74, 6) is 0. The Morgan fingerprint density at radius 2 is 2.10 bits per heavy atom. The van der Waals surface area contributed by atoms with Gasteiger partial charge >= 0.3 is 0 Å². The van der Waals surface area contributed by atoms with Crippen LogP contribution in [0.4, 0.5) is 5.69 Å². The van der Waals surface area contributed by atoms with Crippen molar-refractivity contribution in [2.75, 3.05) is 32.1 Å². The van der Waals surface area contributed by atoms with Crippen molar-refractivity contribution in [3.05, 3.63) is 28.2 Å². The summed E-state index contributed by atoms with van der Waals surface area (Å²) >= 11 is 3.73. The average Bonchev–Trinajstić information content (AvgIpc) is 3.11. The molecular weight excluding hydrogens is 314 g/mol. The van der Waals surface area contributed by atoms with Crippen LogP contribution in [0.25, 0.3) is 0 Å². The van der Waals surface area contributed by atoms with Gasteiger partial charge in [-0.1, -0.05) is 22.0 Å². The third kappa shape index (κ3) is 3.35. The lowest BCUT2D eigenvalue weighted by Crippen LogP contribution is -2.31.